The Morgan fingerprint density at radius 1 is 1.15 bits per heavy atom. The molecule has 0 radical (unpaired) electrons. The standard InChI is InChI=1S/C17H14BrIO/c18-14-7-8-16(19)15(10-14)17(20)13-6-5-11-3-1-2-4-12(11)9-13/h1-4,7-8,10,13H,5-6,9H2. The van der Waals surface area contributed by atoms with Gasteiger partial charge < -0.3 is 0 Å². The molecule has 0 amide bonds. The highest BCUT2D eigenvalue weighted by molar-refractivity contribution is 14.1. The van der Waals surface area contributed by atoms with Gasteiger partial charge in [0, 0.05) is 19.5 Å². The number of hydrogen-bond acceptors (Lipinski definition) is 1. The van der Waals surface area contributed by atoms with E-state index in [0.29, 0.717) is 0 Å². The third-order valence-corrected chi connectivity index (χ3v) is 5.35. The van der Waals surface area contributed by atoms with Gasteiger partial charge in [-0.3, -0.25) is 4.79 Å². The van der Waals surface area contributed by atoms with Crippen LogP contribution in [0.4, 0.5) is 0 Å². The van der Waals surface area contributed by atoms with Crippen LogP contribution in [0.2, 0.25) is 0 Å². The summed E-state index contributed by atoms with van der Waals surface area (Å²) in [6, 6.07) is 14.4. The number of ketones is 1. The minimum absolute atomic E-state index is 0.118. The lowest BCUT2D eigenvalue weighted by molar-refractivity contribution is 0.0908. The second-order valence-corrected chi connectivity index (χ2v) is 7.27. The Balaban J connectivity index is 1.88. The number of Topliss-reactive ketones (excluding diaryl/α,β-unsaturated/α-hetero) is 1. The SMILES string of the molecule is O=C(c1cc(Br)ccc1I)C1CCc2ccccc2C1. The summed E-state index contributed by atoms with van der Waals surface area (Å²) in [6.45, 7) is 0. The molecule has 3 heteroatoms. The van der Waals surface area contributed by atoms with Gasteiger partial charge in [-0.05, 0) is 71.2 Å². The van der Waals surface area contributed by atoms with E-state index >= 15 is 0 Å². The van der Waals surface area contributed by atoms with Gasteiger partial charge in [0.15, 0.2) is 5.78 Å². The van der Waals surface area contributed by atoms with Gasteiger partial charge in [0.2, 0.25) is 0 Å². The first-order valence-electron chi connectivity index (χ1n) is 6.71. The van der Waals surface area contributed by atoms with Gasteiger partial charge in [0.25, 0.3) is 0 Å². The van der Waals surface area contributed by atoms with Crippen LogP contribution in [0.3, 0.4) is 0 Å². The first-order chi connectivity index (χ1) is 9.65. The van der Waals surface area contributed by atoms with E-state index in [4.69, 9.17) is 0 Å². The number of rotatable bonds is 2. The minimum atomic E-state index is 0.118. The molecule has 0 fully saturated rings. The molecular weight excluding hydrogens is 427 g/mol. The number of hydrogen-bond donors (Lipinski definition) is 0. The summed E-state index contributed by atoms with van der Waals surface area (Å²) >= 11 is 5.71. The molecule has 0 bridgehead atoms. The third kappa shape index (κ3) is 2.84. The van der Waals surface area contributed by atoms with E-state index in [9.17, 15) is 4.79 Å². The highest BCUT2D eigenvalue weighted by Gasteiger charge is 2.26. The predicted octanol–water partition coefficient (Wildman–Crippen LogP) is 5.04. The zero-order valence-electron chi connectivity index (χ0n) is 10.9. The molecule has 0 N–H and O–H groups in total. The topological polar surface area (TPSA) is 17.1 Å². The van der Waals surface area contributed by atoms with Crippen LogP contribution in [0.15, 0.2) is 46.9 Å². The highest BCUT2D eigenvalue weighted by atomic mass is 127. The van der Waals surface area contributed by atoms with Crippen LogP contribution in [0, 0.1) is 9.49 Å². The van der Waals surface area contributed by atoms with Crippen LogP contribution in [0.5, 0.6) is 0 Å². The summed E-state index contributed by atoms with van der Waals surface area (Å²) in [5.74, 6) is 0.401. The lowest BCUT2D eigenvalue weighted by Crippen LogP contribution is -2.23. The van der Waals surface area contributed by atoms with Crippen molar-refractivity contribution in [3.8, 4) is 0 Å². The van der Waals surface area contributed by atoms with Crippen LogP contribution >= 0.6 is 38.5 Å². The average Bonchev–Trinajstić information content (AvgIpc) is 2.48. The second kappa shape index (κ2) is 5.98. The molecule has 0 saturated heterocycles. The predicted molar refractivity (Wildman–Crippen MR) is 93.1 cm³/mol. The molecule has 0 aliphatic heterocycles. The van der Waals surface area contributed by atoms with Gasteiger partial charge in [-0.2, -0.15) is 0 Å². The van der Waals surface area contributed by atoms with Gasteiger partial charge in [0.1, 0.15) is 0 Å². The quantitative estimate of drug-likeness (QED) is 0.472. The average molecular weight is 441 g/mol. The number of halogens is 2. The monoisotopic (exact) mass is 440 g/mol. The molecule has 1 aliphatic rings. The Morgan fingerprint density at radius 2 is 1.90 bits per heavy atom. The Labute approximate surface area is 141 Å². The van der Waals surface area contributed by atoms with Crippen molar-refractivity contribution < 1.29 is 4.79 Å². The van der Waals surface area contributed by atoms with Gasteiger partial charge >= 0.3 is 0 Å². The van der Waals surface area contributed by atoms with Crippen molar-refractivity contribution in [1.82, 2.24) is 0 Å². The molecule has 2 aromatic carbocycles. The molecule has 1 aliphatic carbocycles. The zero-order chi connectivity index (χ0) is 14.1. The number of benzene rings is 2. The first-order valence-corrected chi connectivity index (χ1v) is 8.58. The van der Waals surface area contributed by atoms with E-state index < -0.39 is 0 Å². The van der Waals surface area contributed by atoms with Gasteiger partial charge in [-0.1, -0.05) is 40.2 Å². The zero-order valence-corrected chi connectivity index (χ0v) is 14.6. The normalized spacial score (nSPS) is 17.6. The van der Waals surface area contributed by atoms with Crippen molar-refractivity contribution in [2.75, 3.05) is 0 Å². The molecule has 1 atom stereocenters. The Hall–Kier alpha value is -0.680. The molecule has 0 aromatic heterocycles. The van der Waals surface area contributed by atoms with Crippen LogP contribution in [0.25, 0.3) is 0 Å². The molecule has 20 heavy (non-hydrogen) atoms. The smallest absolute Gasteiger partial charge is 0.167 e. The lowest BCUT2D eigenvalue weighted by Gasteiger charge is -2.24. The van der Waals surface area contributed by atoms with Crippen molar-refractivity contribution in [3.05, 3.63) is 67.2 Å². The fraction of sp³-hybridized carbons (Fsp3) is 0.235. The van der Waals surface area contributed by atoms with Crippen molar-refractivity contribution in [3.63, 3.8) is 0 Å². The fourth-order valence-electron chi connectivity index (χ4n) is 2.83. The van der Waals surface area contributed by atoms with Gasteiger partial charge in [0.05, 0.1) is 0 Å². The van der Waals surface area contributed by atoms with Crippen LogP contribution in [-0.2, 0) is 12.8 Å². The van der Waals surface area contributed by atoms with Crippen LogP contribution in [0.1, 0.15) is 27.9 Å². The van der Waals surface area contributed by atoms with Crippen LogP contribution in [-0.4, -0.2) is 5.78 Å². The molecule has 2 aromatic rings. The molecular formula is C17H14BrIO. The number of carbonyl (C=O) groups is 1. The summed E-state index contributed by atoms with van der Waals surface area (Å²) in [7, 11) is 0. The minimum Gasteiger partial charge on any atom is -0.294 e. The number of carbonyl (C=O) groups excluding carboxylic acids is 1. The summed E-state index contributed by atoms with van der Waals surface area (Å²) in [5.41, 5.74) is 3.59. The van der Waals surface area contributed by atoms with Crippen molar-refractivity contribution >= 4 is 44.3 Å². The Morgan fingerprint density at radius 3 is 2.70 bits per heavy atom. The maximum atomic E-state index is 12.8. The molecule has 1 unspecified atom stereocenters. The van der Waals surface area contributed by atoms with E-state index in [2.05, 4.69) is 62.8 Å². The maximum absolute atomic E-state index is 12.8. The summed E-state index contributed by atoms with van der Waals surface area (Å²) in [6.07, 6.45) is 2.84. The molecule has 3 rings (SSSR count). The Bertz CT molecular complexity index is 666. The molecule has 1 nitrogen and oxygen atoms in total. The third-order valence-electron chi connectivity index (χ3n) is 3.91. The first kappa shape index (κ1) is 14.3. The van der Waals surface area contributed by atoms with E-state index in [0.717, 1.165) is 32.9 Å². The molecule has 0 spiro atoms. The van der Waals surface area contributed by atoms with Crippen molar-refractivity contribution in [1.29, 1.82) is 0 Å². The van der Waals surface area contributed by atoms with Crippen LogP contribution < -0.4 is 0 Å². The number of aryl methyl sites for hydroxylation is 1. The molecule has 0 heterocycles. The van der Waals surface area contributed by atoms with Crippen molar-refractivity contribution in [2.45, 2.75) is 19.3 Å². The van der Waals surface area contributed by atoms with Gasteiger partial charge in [-0.25, -0.2) is 0 Å². The van der Waals surface area contributed by atoms with E-state index in [1.54, 1.807) is 0 Å². The molecule has 0 saturated carbocycles. The summed E-state index contributed by atoms with van der Waals surface area (Å²) in [4.78, 5) is 12.8. The Kier molecular flexibility index (Phi) is 4.26. The molecule has 102 valence electrons. The highest BCUT2D eigenvalue weighted by Crippen LogP contribution is 2.30. The fourth-order valence-corrected chi connectivity index (χ4v) is 3.79. The van der Waals surface area contributed by atoms with E-state index in [-0.39, 0.29) is 11.7 Å². The van der Waals surface area contributed by atoms with Gasteiger partial charge in [-0.15, -0.1) is 0 Å². The largest absolute Gasteiger partial charge is 0.294 e. The van der Waals surface area contributed by atoms with E-state index in [1.165, 1.54) is 11.1 Å². The van der Waals surface area contributed by atoms with E-state index in [1.807, 2.05) is 18.2 Å². The summed E-state index contributed by atoms with van der Waals surface area (Å²) < 4.78 is 2.01. The number of fused-ring (bicyclic) bond motifs is 1. The summed E-state index contributed by atoms with van der Waals surface area (Å²) in [5, 5.41) is 0. The van der Waals surface area contributed by atoms with Crippen molar-refractivity contribution in [2.24, 2.45) is 5.92 Å². The maximum Gasteiger partial charge on any atom is 0.167 e. The second-order valence-electron chi connectivity index (χ2n) is 5.20. The lowest BCUT2D eigenvalue weighted by atomic mass is 9.80.